The van der Waals surface area contributed by atoms with Gasteiger partial charge in [-0.2, -0.15) is 13.2 Å². The Labute approximate surface area is 109 Å². The molecule has 0 saturated carbocycles. The average Bonchev–Trinajstić information content (AvgIpc) is 2.26. The van der Waals surface area contributed by atoms with E-state index in [0.29, 0.717) is 6.92 Å². The van der Waals surface area contributed by atoms with Crippen molar-refractivity contribution in [3.8, 4) is 0 Å². The normalized spacial score (nSPS) is 13.8. The third kappa shape index (κ3) is 4.81. The molecule has 104 valence electrons. The van der Waals surface area contributed by atoms with E-state index in [-0.39, 0.29) is 17.3 Å². The molecule has 0 bridgehead atoms. The number of alkyl halides is 3. The van der Waals surface area contributed by atoms with Gasteiger partial charge in [-0.05, 0) is 19.1 Å². The summed E-state index contributed by atoms with van der Waals surface area (Å²) in [6.07, 6.45) is -6.85. The first-order valence-electron chi connectivity index (χ1n) is 4.53. The maximum Gasteiger partial charge on any atom is 0.416 e. The highest BCUT2D eigenvalue weighted by Gasteiger charge is 2.38. The second kappa shape index (κ2) is 6.37. The summed E-state index contributed by atoms with van der Waals surface area (Å²) in [6.45, 7) is 0.702. The summed E-state index contributed by atoms with van der Waals surface area (Å²) in [5, 5.41) is 0. The first kappa shape index (κ1) is 17.2. The van der Waals surface area contributed by atoms with Gasteiger partial charge in [-0.25, -0.2) is 8.42 Å². The van der Waals surface area contributed by atoms with Gasteiger partial charge < -0.3 is 0 Å². The van der Waals surface area contributed by atoms with Crippen LogP contribution in [0.3, 0.4) is 0 Å². The standard InChI is InChI=1S/C9H10F3NO3S.ClH/c1-7(9(10,11)12)16-13-17(14,15)8-5-3-2-4-6-8;/h2-7,13H,1H3;1H. The fraction of sp³-hybridized carbons (Fsp3) is 0.333. The van der Waals surface area contributed by atoms with Crippen molar-refractivity contribution in [3.05, 3.63) is 30.3 Å². The molecule has 1 aromatic carbocycles. The summed E-state index contributed by atoms with van der Waals surface area (Å²) in [4.78, 5) is 5.32. The van der Waals surface area contributed by atoms with Crippen molar-refractivity contribution < 1.29 is 26.4 Å². The zero-order valence-electron chi connectivity index (χ0n) is 9.14. The molecule has 18 heavy (non-hydrogen) atoms. The van der Waals surface area contributed by atoms with Crippen LogP contribution in [0.4, 0.5) is 13.2 Å². The van der Waals surface area contributed by atoms with Crippen LogP contribution in [-0.4, -0.2) is 20.7 Å². The van der Waals surface area contributed by atoms with Gasteiger partial charge in [0.25, 0.3) is 10.0 Å². The van der Waals surface area contributed by atoms with Crippen molar-refractivity contribution in [1.29, 1.82) is 0 Å². The van der Waals surface area contributed by atoms with Crippen LogP contribution in [0.25, 0.3) is 0 Å². The highest BCUT2D eigenvalue weighted by Crippen LogP contribution is 2.22. The van der Waals surface area contributed by atoms with Gasteiger partial charge in [0.2, 0.25) is 0 Å². The molecule has 1 atom stereocenters. The van der Waals surface area contributed by atoms with Crippen LogP contribution in [0.5, 0.6) is 0 Å². The highest BCUT2D eigenvalue weighted by molar-refractivity contribution is 7.89. The first-order chi connectivity index (χ1) is 7.73. The lowest BCUT2D eigenvalue weighted by atomic mass is 10.4. The van der Waals surface area contributed by atoms with Gasteiger partial charge in [-0.15, -0.1) is 12.4 Å². The van der Waals surface area contributed by atoms with E-state index in [9.17, 15) is 21.6 Å². The third-order valence-electron chi connectivity index (χ3n) is 1.85. The van der Waals surface area contributed by atoms with Gasteiger partial charge in [0.15, 0.2) is 6.10 Å². The zero-order valence-corrected chi connectivity index (χ0v) is 10.8. The SMILES string of the molecule is CC(ONS(=O)(=O)c1ccccc1)C(F)(F)F.Cl. The van der Waals surface area contributed by atoms with Crippen molar-refractivity contribution in [2.24, 2.45) is 0 Å². The number of halogens is 4. The summed E-state index contributed by atoms with van der Waals surface area (Å²) >= 11 is 0. The lowest BCUT2D eigenvalue weighted by Gasteiger charge is -2.16. The van der Waals surface area contributed by atoms with Gasteiger partial charge in [0.05, 0.1) is 4.90 Å². The molecule has 0 aromatic heterocycles. The monoisotopic (exact) mass is 305 g/mol. The number of sulfonamides is 1. The number of rotatable bonds is 4. The Hall–Kier alpha value is -0.830. The molecular formula is C9H11ClF3NO3S. The van der Waals surface area contributed by atoms with Crippen LogP contribution >= 0.6 is 12.4 Å². The van der Waals surface area contributed by atoms with Crippen molar-refractivity contribution >= 4 is 22.4 Å². The molecule has 0 spiro atoms. The number of hydrogen-bond acceptors (Lipinski definition) is 3. The van der Waals surface area contributed by atoms with E-state index in [0.717, 1.165) is 0 Å². The summed E-state index contributed by atoms with van der Waals surface area (Å²) in [5.41, 5.74) is 0. The van der Waals surface area contributed by atoms with Crippen molar-refractivity contribution in [2.75, 3.05) is 0 Å². The molecule has 0 aliphatic carbocycles. The molecule has 0 heterocycles. The Kier molecular flexibility index (Phi) is 6.08. The number of benzene rings is 1. The quantitative estimate of drug-likeness (QED) is 0.868. The Morgan fingerprint density at radius 1 is 1.22 bits per heavy atom. The molecule has 1 rings (SSSR count). The second-order valence-corrected chi connectivity index (χ2v) is 4.85. The summed E-state index contributed by atoms with van der Waals surface area (Å²) in [6, 6.07) is 6.95. The molecule has 1 unspecified atom stereocenters. The Bertz CT molecular complexity index is 464. The zero-order chi connectivity index (χ0) is 13.1. The number of nitrogens with one attached hydrogen (secondary N) is 1. The van der Waals surface area contributed by atoms with E-state index < -0.39 is 22.3 Å². The average molecular weight is 306 g/mol. The fourth-order valence-electron chi connectivity index (χ4n) is 0.850. The maximum absolute atomic E-state index is 12.1. The van der Waals surface area contributed by atoms with Crippen LogP contribution < -0.4 is 4.89 Å². The topological polar surface area (TPSA) is 55.4 Å². The molecule has 0 amide bonds. The van der Waals surface area contributed by atoms with Gasteiger partial charge >= 0.3 is 6.18 Å². The van der Waals surface area contributed by atoms with Crippen LogP contribution in [-0.2, 0) is 14.9 Å². The molecule has 0 radical (unpaired) electrons. The minimum atomic E-state index is -4.63. The molecule has 1 N–H and O–H groups in total. The minimum Gasteiger partial charge on any atom is -0.274 e. The van der Waals surface area contributed by atoms with Crippen LogP contribution in [0.2, 0.25) is 0 Å². The van der Waals surface area contributed by atoms with Crippen LogP contribution in [0.1, 0.15) is 6.92 Å². The number of hydrogen-bond donors (Lipinski definition) is 1. The van der Waals surface area contributed by atoms with Crippen LogP contribution in [0.15, 0.2) is 35.2 Å². The van der Waals surface area contributed by atoms with E-state index in [1.165, 1.54) is 29.2 Å². The van der Waals surface area contributed by atoms with Crippen LogP contribution in [0, 0.1) is 0 Å². The molecular weight excluding hydrogens is 295 g/mol. The summed E-state index contributed by atoms with van der Waals surface area (Å²) < 4.78 is 59.1. The minimum absolute atomic E-state index is 0. The van der Waals surface area contributed by atoms with E-state index in [1.54, 1.807) is 6.07 Å². The molecule has 4 nitrogen and oxygen atoms in total. The molecule has 1 aromatic rings. The van der Waals surface area contributed by atoms with Gasteiger partial charge in [-0.3, -0.25) is 4.84 Å². The molecule has 0 aliphatic rings. The van der Waals surface area contributed by atoms with Crippen molar-refractivity contribution in [2.45, 2.75) is 24.1 Å². The van der Waals surface area contributed by atoms with Gasteiger partial charge in [-0.1, -0.05) is 23.1 Å². The highest BCUT2D eigenvalue weighted by atomic mass is 35.5. The Morgan fingerprint density at radius 2 is 1.72 bits per heavy atom. The predicted octanol–water partition coefficient (Wildman–Crippen LogP) is 2.27. The Balaban J connectivity index is 0.00000289. The van der Waals surface area contributed by atoms with Crippen molar-refractivity contribution in [3.63, 3.8) is 0 Å². The summed E-state index contributed by atoms with van der Waals surface area (Å²) in [5.74, 6) is 0. The summed E-state index contributed by atoms with van der Waals surface area (Å²) in [7, 11) is -4.09. The second-order valence-electron chi connectivity index (χ2n) is 3.20. The predicted molar refractivity (Wildman–Crippen MR) is 60.6 cm³/mol. The lowest BCUT2D eigenvalue weighted by molar-refractivity contribution is -0.222. The Morgan fingerprint density at radius 3 is 2.17 bits per heavy atom. The van der Waals surface area contributed by atoms with E-state index in [4.69, 9.17) is 0 Å². The maximum atomic E-state index is 12.1. The van der Waals surface area contributed by atoms with Crippen molar-refractivity contribution in [1.82, 2.24) is 4.89 Å². The van der Waals surface area contributed by atoms with Gasteiger partial charge in [0, 0.05) is 0 Å². The fourth-order valence-corrected chi connectivity index (χ4v) is 1.73. The van der Waals surface area contributed by atoms with Gasteiger partial charge in [0.1, 0.15) is 0 Å². The molecule has 0 saturated heterocycles. The lowest BCUT2D eigenvalue weighted by Crippen LogP contribution is -2.36. The molecule has 0 fully saturated rings. The largest absolute Gasteiger partial charge is 0.416 e. The van der Waals surface area contributed by atoms with E-state index in [2.05, 4.69) is 4.84 Å². The molecule has 0 aliphatic heterocycles. The molecule has 9 heteroatoms. The van der Waals surface area contributed by atoms with E-state index in [1.807, 2.05) is 0 Å². The van der Waals surface area contributed by atoms with E-state index >= 15 is 0 Å². The third-order valence-corrected chi connectivity index (χ3v) is 3.06. The first-order valence-corrected chi connectivity index (χ1v) is 6.01. The smallest absolute Gasteiger partial charge is 0.274 e.